The molecular weight excluding hydrogens is 268 g/mol. The van der Waals surface area contributed by atoms with Gasteiger partial charge in [-0.1, -0.05) is 13.8 Å². The number of nitrogens with zero attached hydrogens (tertiary/aromatic N) is 2. The summed E-state index contributed by atoms with van der Waals surface area (Å²) in [4.78, 5) is 9.14. The molecule has 0 fully saturated rings. The summed E-state index contributed by atoms with van der Waals surface area (Å²) >= 11 is 1.71. The molecule has 5 heteroatoms. The molecule has 2 aromatic rings. The first-order valence-corrected chi connectivity index (χ1v) is 7.96. The first-order chi connectivity index (χ1) is 9.60. The van der Waals surface area contributed by atoms with Gasteiger partial charge in [0.1, 0.15) is 17.5 Å². The van der Waals surface area contributed by atoms with Gasteiger partial charge < -0.3 is 10.6 Å². The number of hydrogen-bond donors (Lipinski definition) is 2. The molecule has 0 aliphatic carbocycles. The minimum Gasteiger partial charge on any atom is -0.370 e. The SMILES string of the molecule is CCNc1cc(NC(C)c2ccsc2)nc(C(C)C)n1. The van der Waals surface area contributed by atoms with Crippen LogP contribution in [-0.4, -0.2) is 16.5 Å². The predicted molar refractivity (Wildman–Crippen MR) is 86.6 cm³/mol. The average Bonchev–Trinajstić information content (AvgIpc) is 2.92. The minimum absolute atomic E-state index is 0.241. The molecule has 20 heavy (non-hydrogen) atoms. The molecule has 2 aromatic heterocycles. The van der Waals surface area contributed by atoms with Gasteiger partial charge in [-0.05, 0) is 36.2 Å². The van der Waals surface area contributed by atoms with Crippen LogP contribution in [0.5, 0.6) is 0 Å². The highest BCUT2D eigenvalue weighted by Gasteiger charge is 2.11. The Morgan fingerprint density at radius 3 is 2.55 bits per heavy atom. The Bertz CT molecular complexity index is 537. The molecular formula is C15H22N4S. The van der Waals surface area contributed by atoms with Gasteiger partial charge >= 0.3 is 0 Å². The van der Waals surface area contributed by atoms with E-state index < -0.39 is 0 Å². The highest BCUT2D eigenvalue weighted by Crippen LogP contribution is 2.23. The Labute approximate surface area is 124 Å². The van der Waals surface area contributed by atoms with Crippen molar-refractivity contribution < 1.29 is 0 Å². The van der Waals surface area contributed by atoms with Crippen LogP contribution in [0.1, 0.15) is 51.0 Å². The molecule has 108 valence electrons. The third-order valence-corrected chi connectivity index (χ3v) is 3.73. The minimum atomic E-state index is 0.241. The zero-order valence-electron chi connectivity index (χ0n) is 12.5. The van der Waals surface area contributed by atoms with E-state index in [0.717, 1.165) is 24.0 Å². The molecule has 0 spiro atoms. The summed E-state index contributed by atoms with van der Waals surface area (Å²) in [6, 6.07) is 4.35. The van der Waals surface area contributed by atoms with Crippen molar-refractivity contribution in [2.24, 2.45) is 0 Å². The molecule has 0 aliphatic heterocycles. The summed E-state index contributed by atoms with van der Waals surface area (Å²) in [6.45, 7) is 9.28. The van der Waals surface area contributed by atoms with Gasteiger partial charge in [0.15, 0.2) is 0 Å². The fraction of sp³-hybridized carbons (Fsp3) is 0.467. The van der Waals surface area contributed by atoms with Crippen molar-refractivity contribution in [1.82, 2.24) is 9.97 Å². The van der Waals surface area contributed by atoms with Crippen LogP contribution in [0.25, 0.3) is 0 Å². The highest BCUT2D eigenvalue weighted by atomic mass is 32.1. The smallest absolute Gasteiger partial charge is 0.135 e. The number of hydrogen-bond acceptors (Lipinski definition) is 5. The third-order valence-electron chi connectivity index (χ3n) is 3.03. The second kappa shape index (κ2) is 6.70. The molecule has 0 saturated heterocycles. The van der Waals surface area contributed by atoms with Crippen LogP contribution in [0, 0.1) is 0 Å². The van der Waals surface area contributed by atoms with Crippen LogP contribution in [0.15, 0.2) is 22.9 Å². The molecule has 4 nitrogen and oxygen atoms in total. The van der Waals surface area contributed by atoms with Crippen molar-refractivity contribution in [2.45, 2.75) is 39.7 Å². The fourth-order valence-electron chi connectivity index (χ4n) is 1.90. The summed E-state index contributed by atoms with van der Waals surface area (Å²) in [5.74, 6) is 2.93. The molecule has 0 aliphatic rings. The molecule has 2 N–H and O–H groups in total. The maximum absolute atomic E-state index is 4.61. The average molecular weight is 290 g/mol. The van der Waals surface area contributed by atoms with Gasteiger partial charge in [0.25, 0.3) is 0 Å². The Morgan fingerprint density at radius 1 is 1.20 bits per heavy atom. The van der Waals surface area contributed by atoms with Gasteiger partial charge in [-0.3, -0.25) is 0 Å². The second-order valence-corrected chi connectivity index (χ2v) is 5.88. The molecule has 2 heterocycles. The van der Waals surface area contributed by atoms with Crippen molar-refractivity contribution in [3.8, 4) is 0 Å². The summed E-state index contributed by atoms with van der Waals surface area (Å²) in [5.41, 5.74) is 1.28. The standard InChI is InChI=1S/C15H22N4S/c1-5-16-13-8-14(19-15(18-13)10(2)3)17-11(4)12-6-7-20-9-12/h6-11H,5H2,1-4H3,(H2,16,17,18,19). The van der Waals surface area contributed by atoms with Crippen LogP contribution in [0.4, 0.5) is 11.6 Å². The number of aromatic nitrogens is 2. The largest absolute Gasteiger partial charge is 0.370 e. The lowest BCUT2D eigenvalue weighted by atomic mass is 10.2. The number of nitrogens with one attached hydrogen (secondary N) is 2. The lowest BCUT2D eigenvalue weighted by Crippen LogP contribution is -2.11. The number of anilines is 2. The van der Waals surface area contributed by atoms with Crippen molar-refractivity contribution in [3.05, 3.63) is 34.3 Å². The Morgan fingerprint density at radius 2 is 1.95 bits per heavy atom. The van der Waals surface area contributed by atoms with Gasteiger partial charge in [-0.25, -0.2) is 9.97 Å². The van der Waals surface area contributed by atoms with Gasteiger partial charge in [0, 0.05) is 18.5 Å². The molecule has 0 bridgehead atoms. The summed E-state index contributed by atoms with van der Waals surface area (Å²) in [6.07, 6.45) is 0. The van der Waals surface area contributed by atoms with Crippen LogP contribution in [0.2, 0.25) is 0 Å². The van der Waals surface area contributed by atoms with E-state index in [2.05, 4.69) is 65.1 Å². The summed E-state index contributed by atoms with van der Waals surface area (Å²) in [7, 11) is 0. The third kappa shape index (κ3) is 3.70. The molecule has 0 amide bonds. The van der Waals surface area contributed by atoms with Crippen molar-refractivity contribution in [1.29, 1.82) is 0 Å². The fourth-order valence-corrected chi connectivity index (χ4v) is 2.65. The monoisotopic (exact) mass is 290 g/mol. The van der Waals surface area contributed by atoms with Crippen LogP contribution >= 0.6 is 11.3 Å². The quantitative estimate of drug-likeness (QED) is 0.834. The Kier molecular flexibility index (Phi) is 4.95. The topological polar surface area (TPSA) is 49.8 Å². The first-order valence-electron chi connectivity index (χ1n) is 7.01. The molecule has 1 unspecified atom stereocenters. The van der Waals surface area contributed by atoms with E-state index in [4.69, 9.17) is 0 Å². The highest BCUT2D eigenvalue weighted by molar-refractivity contribution is 7.07. The van der Waals surface area contributed by atoms with Gasteiger partial charge in [0.2, 0.25) is 0 Å². The summed E-state index contributed by atoms with van der Waals surface area (Å²) < 4.78 is 0. The van der Waals surface area contributed by atoms with Crippen molar-refractivity contribution in [3.63, 3.8) is 0 Å². The molecule has 0 saturated carbocycles. The van der Waals surface area contributed by atoms with Gasteiger partial charge in [-0.2, -0.15) is 11.3 Å². The molecule has 1 atom stereocenters. The van der Waals surface area contributed by atoms with Crippen molar-refractivity contribution in [2.75, 3.05) is 17.2 Å². The molecule has 0 radical (unpaired) electrons. The molecule has 2 rings (SSSR count). The lowest BCUT2D eigenvalue weighted by molar-refractivity contribution is 0.769. The van der Waals surface area contributed by atoms with Crippen molar-refractivity contribution >= 4 is 23.0 Å². The Hall–Kier alpha value is -1.62. The number of thiophene rings is 1. The van der Waals surface area contributed by atoms with E-state index in [1.165, 1.54) is 5.56 Å². The van der Waals surface area contributed by atoms with E-state index in [-0.39, 0.29) is 6.04 Å². The van der Waals surface area contributed by atoms with Crippen LogP contribution in [-0.2, 0) is 0 Å². The van der Waals surface area contributed by atoms with E-state index in [9.17, 15) is 0 Å². The normalized spacial score (nSPS) is 12.4. The van der Waals surface area contributed by atoms with E-state index in [1.54, 1.807) is 11.3 Å². The molecule has 0 aromatic carbocycles. The summed E-state index contributed by atoms with van der Waals surface area (Å²) in [5, 5.41) is 11.0. The zero-order chi connectivity index (χ0) is 14.5. The lowest BCUT2D eigenvalue weighted by Gasteiger charge is -2.16. The maximum atomic E-state index is 4.61. The van der Waals surface area contributed by atoms with Crippen LogP contribution in [0.3, 0.4) is 0 Å². The zero-order valence-corrected chi connectivity index (χ0v) is 13.3. The first kappa shape index (κ1) is 14.8. The van der Waals surface area contributed by atoms with Crippen LogP contribution < -0.4 is 10.6 Å². The van der Waals surface area contributed by atoms with E-state index in [0.29, 0.717) is 5.92 Å². The maximum Gasteiger partial charge on any atom is 0.135 e. The van der Waals surface area contributed by atoms with E-state index >= 15 is 0 Å². The second-order valence-electron chi connectivity index (χ2n) is 5.10. The predicted octanol–water partition coefficient (Wildman–Crippen LogP) is 4.27. The van der Waals surface area contributed by atoms with Gasteiger partial charge in [-0.15, -0.1) is 0 Å². The van der Waals surface area contributed by atoms with Gasteiger partial charge in [0.05, 0.1) is 6.04 Å². The van der Waals surface area contributed by atoms with E-state index in [1.807, 2.05) is 6.07 Å². The number of rotatable bonds is 6. The Balaban J connectivity index is 2.21.